The summed E-state index contributed by atoms with van der Waals surface area (Å²) in [4.78, 5) is 12.9. The summed E-state index contributed by atoms with van der Waals surface area (Å²) >= 11 is 0. The molecule has 3 aromatic heterocycles. The number of rotatable bonds is 8. The van der Waals surface area contributed by atoms with Crippen LogP contribution in [0.4, 0.5) is 0 Å². The van der Waals surface area contributed by atoms with Gasteiger partial charge in [0.15, 0.2) is 0 Å². The molecule has 0 amide bonds. The van der Waals surface area contributed by atoms with Gasteiger partial charge in [-0.25, -0.2) is 0 Å². The highest BCUT2D eigenvalue weighted by atomic mass is 14.7. The molecule has 1 aromatic carbocycles. The SMILES string of the molecule is CN.CN.CN.CN.c1ccc(CCCc2ccccn2)cc1.c1ccc(CCCc2ccccn2)nc1. The topological polar surface area (TPSA) is 143 Å². The number of aryl methyl sites for hydroxylation is 4. The predicted octanol–water partition coefficient (Wildman–Crippen LogP) is 4.21. The highest BCUT2D eigenvalue weighted by Crippen LogP contribution is 2.06. The van der Waals surface area contributed by atoms with Gasteiger partial charge in [-0.1, -0.05) is 48.5 Å². The van der Waals surface area contributed by atoms with Crippen LogP contribution in [-0.2, 0) is 25.7 Å². The third kappa shape index (κ3) is 19.7. The van der Waals surface area contributed by atoms with E-state index in [4.69, 9.17) is 0 Å². The summed E-state index contributed by atoms with van der Waals surface area (Å²) in [5, 5.41) is 0. The first-order valence-electron chi connectivity index (χ1n) is 12.9. The Morgan fingerprint density at radius 3 is 1.03 bits per heavy atom. The molecule has 3 heterocycles. The first kappa shape index (κ1) is 36.7. The van der Waals surface area contributed by atoms with Crippen LogP contribution in [0.2, 0.25) is 0 Å². The highest BCUT2D eigenvalue weighted by molar-refractivity contribution is 5.15. The molecule has 7 nitrogen and oxygen atoms in total. The second kappa shape index (κ2) is 29.7. The van der Waals surface area contributed by atoms with E-state index >= 15 is 0 Å². The van der Waals surface area contributed by atoms with Crippen LogP contribution in [0, 0.1) is 0 Å². The van der Waals surface area contributed by atoms with E-state index in [0.717, 1.165) is 43.5 Å². The van der Waals surface area contributed by atoms with Crippen molar-refractivity contribution in [1.29, 1.82) is 0 Å². The Hall–Kier alpha value is -3.49. The molecule has 0 aliphatic rings. The normalized spacial score (nSPS) is 8.63. The molecule has 0 bridgehead atoms. The van der Waals surface area contributed by atoms with Crippen LogP contribution in [0.25, 0.3) is 0 Å². The fourth-order valence-corrected chi connectivity index (χ4v) is 3.21. The maximum Gasteiger partial charge on any atom is 0.0403 e. The van der Waals surface area contributed by atoms with Crippen molar-refractivity contribution in [3.05, 3.63) is 126 Å². The van der Waals surface area contributed by atoms with Crippen LogP contribution in [0.1, 0.15) is 35.5 Å². The fraction of sp³-hybridized carbons (Fsp3) is 0.323. The molecule has 4 rings (SSSR count). The van der Waals surface area contributed by atoms with Gasteiger partial charge in [0.25, 0.3) is 0 Å². The lowest BCUT2D eigenvalue weighted by atomic mass is 10.1. The summed E-state index contributed by atoms with van der Waals surface area (Å²) in [6.45, 7) is 0. The zero-order valence-corrected chi connectivity index (χ0v) is 23.7. The Labute approximate surface area is 230 Å². The molecule has 0 saturated carbocycles. The number of aromatic nitrogens is 3. The van der Waals surface area contributed by atoms with Crippen LogP contribution in [0.3, 0.4) is 0 Å². The lowest BCUT2D eigenvalue weighted by Crippen LogP contribution is -1.93. The molecule has 0 unspecified atom stereocenters. The quantitative estimate of drug-likeness (QED) is 0.273. The van der Waals surface area contributed by atoms with E-state index in [-0.39, 0.29) is 0 Å². The van der Waals surface area contributed by atoms with Crippen molar-refractivity contribution >= 4 is 0 Å². The summed E-state index contributed by atoms with van der Waals surface area (Å²) in [5.74, 6) is 0. The number of nitrogens with zero attached hydrogens (tertiary/aromatic N) is 3. The van der Waals surface area contributed by atoms with Crippen molar-refractivity contribution in [3.63, 3.8) is 0 Å². The minimum absolute atomic E-state index is 1.03. The van der Waals surface area contributed by atoms with Crippen LogP contribution < -0.4 is 22.9 Å². The molecule has 0 aliphatic carbocycles. The standard InChI is InChI=1S/C14H15N.C13H14N2.4CH5N/c1-2-7-13(8-3-1)9-6-11-14-10-4-5-12-15-14;1-3-10-14-12(6-1)8-5-9-13-7-2-4-11-15-13;4*1-2/h1-5,7-8,10,12H,6,9,11H2;1-4,6-7,10-11H,5,8-9H2;4*2H2,1H3. The molecule has 7 heteroatoms. The van der Waals surface area contributed by atoms with Gasteiger partial charge in [0.1, 0.15) is 0 Å². The average Bonchev–Trinajstić information content (AvgIpc) is 3.04. The van der Waals surface area contributed by atoms with Gasteiger partial charge in [0.2, 0.25) is 0 Å². The van der Waals surface area contributed by atoms with Crippen LogP contribution >= 0.6 is 0 Å². The number of hydrogen-bond acceptors (Lipinski definition) is 7. The minimum Gasteiger partial charge on any atom is -0.333 e. The minimum atomic E-state index is 1.03. The monoisotopic (exact) mass is 519 g/mol. The van der Waals surface area contributed by atoms with Crippen LogP contribution in [0.15, 0.2) is 104 Å². The summed E-state index contributed by atoms with van der Waals surface area (Å²) < 4.78 is 0. The predicted molar refractivity (Wildman–Crippen MR) is 164 cm³/mol. The van der Waals surface area contributed by atoms with E-state index in [1.165, 1.54) is 45.9 Å². The van der Waals surface area contributed by atoms with Gasteiger partial charge in [-0.05, 0) is 109 Å². The van der Waals surface area contributed by atoms with Crippen molar-refractivity contribution in [2.24, 2.45) is 22.9 Å². The number of pyridine rings is 3. The Morgan fingerprint density at radius 2 is 0.711 bits per heavy atom. The Morgan fingerprint density at radius 1 is 0.395 bits per heavy atom. The molecule has 0 aliphatic heterocycles. The van der Waals surface area contributed by atoms with Crippen LogP contribution in [-0.4, -0.2) is 43.1 Å². The number of nitrogens with two attached hydrogens (primary N) is 4. The third-order valence-electron chi connectivity index (χ3n) is 4.79. The molecule has 0 spiro atoms. The van der Waals surface area contributed by atoms with Crippen molar-refractivity contribution in [3.8, 4) is 0 Å². The molecular weight excluding hydrogens is 470 g/mol. The molecule has 4 aromatic rings. The Balaban J connectivity index is 0. The lowest BCUT2D eigenvalue weighted by molar-refractivity contribution is 0.781. The maximum atomic E-state index is 4.50. The summed E-state index contributed by atoms with van der Waals surface area (Å²) in [7, 11) is 6.00. The van der Waals surface area contributed by atoms with E-state index in [2.05, 4.69) is 86.4 Å². The van der Waals surface area contributed by atoms with E-state index in [1.807, 2.05) is 55.0 Å². The second-order valence-corrected chi connectivity index (χ2v) is 7.16. The molecule has 0 atom stereocenters. The molecule has 208 valence electrons. The van der Waals surface area contributed by atoms with Crippen molar-refractivity contribution in [1.82, 2.24) is 15.0 Å². The molecule has 0 saturated heterocycles. The fourth-order valence-electron chi connectivity index (χ4n) is 3.21. The zero-order chi connectivity index (χ0) is 28.7. The largest absolute Gasteiger partial charge is 0.333 e. The van der Waals surface area contributed by atoms with E-state index in [0.29, 0.717) is 0 Å². The zero-order valence-electron chi connectivity index (χ0n) is 23.7. The van der Waals surface area contributed by atoms with Gasteiger partial charge in [-0.3, -0.25) is 15.0 Å². The van der Waals surface area contributed by atoms with Gasteiger partial charge >= 0.3 is 0 Å². The summed E-state index contributed by atoms with van der Waals surface area (Å²) in [5.41, 5.74) is 22.9. The second-order valence-electron chi connectivity index (χ2n) is 7.16. The van der Waals surface area contributed by atoms with Gasteiger partial charge in [-0.15, -0.1) is 0 Å². The van der Waals surface area contributed by atoms with E-state index in [1.54, 1.807) is 0 Å². The average molecular weight is 520 g/mol. The van der Waals surface area contributed by atoms with Gasteiger partial charge in [0.05, 0.1) is 0 Å². The van der Waals surface area contributed by atoms with Gasteiger partial charge in [0, 0.05) is 35.7 Å². The smallest absolute Gasteiger partial charge is 0.0403 e. The van der Waals surface area contributed by atoms with Crippen molar-refractivity contribution in [2.75, 3.05) is 28.2 Å². The molecular formula is C31H49N7. The Bertz CT molecular complexity index is 779. The van der Waals surface area contributed by atoms with Gasteiger partial charge in [-0.2, -0.15) is 0 Å². The van der Waals surface area contributed by atoms with Crippen LogP contribution in [0.5, 0.6) is 0 Å². The molecule has 0 radical (unpaired) electrons. The molecule has 0 fully saturated rings. The Kier molecular flexibility index (Phi) is 28.7. The molecule has 38 heavy (non-hydrogen) atoms. The molecule has 8 N–H and O–H groups in total. The maximum absolute atomic E-state index is 4.50. The van der Waals surface area contributed by atoms with Crippen molar-refractivity contribution < 1.29 is 0 Å². The van der Waals surface area contributed by atoms with Gasteiger partial charge < -0.3 is 22.9 Å². The lowest BCUT2D eigenvalue weighted by Gasteiger charge is -2.00. The first-order chi connectivity index (χ1) is 18.9. The van der Waals surface area contributed by atoms with E-state index in [9.17, 15) is 0 Å². The first-order valence-corrected chi connectivity index (χ1v) is 12.9. The third-order valence-corrected chi connectivity index (χ3v) is 4.79. The number of hydrogen-bond donors (Lipinski definition) is 4. The summed E-state index contributed by atoms with van der Waals surface area (Å²) in [6, 6.07) is 28.8. The number of benzene rings is 1. The highest BCUT2D eigenvalue weighted by Gasteiger charge is 1.96. The van der Waals surface area contributed by atoms with E-state index < -0.39 is 0 Å². The summed E-state index contributed by atoms with van der Waals surface area (Å²) in [6.07, 6.45) is 12.1. The van der Waals surface area contributed by atoms with Crippen molar-refractivity contribution in [2.45, 2.75) is 38.5 Å².